The number of likely N-dealkylation sites (N-methyl/N-ethyl adjacent to an activating group) is 1. The molecule has 0 radical (unpaired) electrons. The summed E-state index contributed by atoms with van der Waals surface area (Å²) in [5.41, 5.74) is 0. The van der Waals surface area contributed by atoms with Gasteiger partial charge in [-0.1, -0.05) is 33.1 Å². The lowest BCUT2D eigenvalue weighted by atomic mass is 9.99. The van der Waals surface area contributed by atoms with E-state index in [1.807, 2.05) is 0 Å². The van der Waals surface area contributed by atoms with Crippen molar-refractivity contribution in [3.63, 3.8) is 0 Å². The van der Waals surface area contributed by atoms with E-state index in [0.717, 1.165) is 26.0 Å². The van der Waals surface area contributed by atoms with Crippen LogP contribution in [0.5, 0.6) is 0 Å². The molecule has 1 saturated heterocycles. The molecule has 0 aliphatic carbocycles. The van der Waals surface area contributed by atoms with Crippen molar-refractivity contribution in [3.05, 3.63) is 0 Å². The Bertz CT molecular complexity index is 443. The van der Waals surface area contributed by atoms with Crippen molar-refractivity contribution in [3.8, 4) is 0 Å². The zero-order valence-corrected chi connectivity index (χ0v) is 20.7. The Kier molecular flexibility index (Phi) is 15.9. The molecular weight excluding hydrogens is 471 g/mol. The number of hydrogen-bond donors (Lipinski definition) is 2. The highest BCUT2D eigenvalue weighted by Gasteiger charge is 2.17. The first kappa shape index (κ1) is 27.4. The smallest absolute Gasteiger partial charge is 0.243 e. The molecule has 1 amide bonds. The summed E-state index contributed by atoms with van der Waals surface area (Å²) in [6.45, 7) is 9.56. The summed E-state index contributed by atoms with van der Waals surface area (Å²) < 4.78 is 11.2. The van der Waals surface area contributed by atoms with Crippen LogP contribution in [0.1, 0.15) is 52.9 Å². The van der Waals surface area contributed by atoms with Crippen LogP contribution in [0, 0.1) is 5.92 Å². The van der Waals surface area contributed by atoms with E-state index < -0.39 is 0 Å². The maximum Gasteiger partial charge on any atom is 0.243 e. The number of rotatable bonds is 12. The molecule has 3 atom stereocenters. The summed E-state index contributed by atoms with van der Waals surface area (Å²) in [5.74, 6) is 1.28. The van der Waals surface area contributed by atoms with Gasteiger partial charge in [-0.05, 0) is 25.7 Å². The van der Waals surface area contributed by atoms with Crippen LogP contribution >= 0.6 is 24.0 Å². The zero-order chi connectivity index (χ0) is 20.1. The molecule has 2 N–H and O–H groups in total. The van der Waals surface area contributed by atoms with Gasteiger partial charge in [-0.2, -0.15) is 0 Å². The third-order valence-electron chi connectivity index (χ3n) is 4.83. The lowest BCUT2D eigenvalue weighted by Gasteiger charge is -2.22. The lowest BCUT2D eigenvalue weighted by Crippen LogP contribution is -2.46. The van der Waals surface area contributed by atoms with Crippen molar-refractivity contribution in [1.29, 1.82) is 0 Å². The van der Waals surface area contributed by atoms with Crippen LogP contribution in [-0.4, -0.2) is 75.9 Å². The van der Waals surface area contributed by atoms with E-state index in [2.05, 4.69) is 36.4 Å². The number of halogens is 1. The molecule has 0 saturated carbocycles. The predicted molar refractivity (Wildman–Crippen MR) is 125 cm³/mol. The van der Waals surface area contributed by atoms with Gasteiger partial charge in [-0.25, -0.2) is 4.99 Å². The normalized spacial score (nSPS) is 18.9. The van der Waals surface area contributed by atoms with E-state index in [9.17, 15) is 4.79 Å². The Morgan fingerprint density at radius 2 is 2.11 bits per heavy atom. The number of ether oxygens (including phenoxy) is 2. The van der Waals surface area contributed by atoms with Crippen molar-refractivity contribution in [1.82, 2.24) is 15.5 Å². The summed E-state index contributed by atoms with van der Waals surface area (Å²) in [6, 6.07) is 0.0991. The first-order chi connectivity index (χ1) is 13.0. The molecule has 1 fully saturated rings. The van der Waals surface area contributed by atoms with Crippen LogP contribution < -0.4 is 10.6 Å². The number of guanidine groups is 1. The van der Waals surface area contributed by atoms with Crippen molar-refractivity contribution >= 4 is 35.8 Å². The number of amides is 1. The van der Waals surface area contributed by atoms with Crippen LogP contribution in [0.25, 0.3) is 0 Å². The largest absolute Gasteiger partial charge is 0.379 e. The molecule has 1 aliphatic rings. The van der Waals surface area contributed by atoms with Crippen LogP contribution in [0.2, 0.25) is 0 Å². The van der Waals surface area contributed by atoms with Gasteiger partial charge in [0.1, 0.15) is 6.54 Å². The van der Waals surface area contributed by atoms with E-state index in [-0.39, 0.29) is 48.6 Å². The maximum absolute atomic E-state index is 11.9. The first-order valence-electron chi connectivity index (χ1n) is 10.4. The number of hydrogen-bond acceptors (Lipinski definition) is 4. The molecule has 1 rings (SSSR count). The lowest BCUT2D eigenvalue weighted by molar-refractivity contribution is -0.127. The summed E-state index contributed by atoms with van der Waals surface area (Å²) in [4.78, 5) is 17.9. The molecule has 0 spiro atoms. The maximum atomic E-state index is 11.9. The quantitative estimate of drug-likeness (QED) is 0.239. The van der Waals surface area contributed by atoms with Crippen LogP contribution in [0.4, 0.5) is 0 Å². The number of unbranched alkanes of at least 4 members (excludes halogenated alkanes) is 1. The summed E-state index contributed by atoms with van der Waals surface area (Å²) in [6.07, 6.45) is 5.95. The Labute approximate surface area is 188 Å². The Balaban J connectivity index is 0.00000729. The zero-order valence-electron chi connectivity index (χ0n) is 18.3. The fourth-order valence-corrected chi connectivity index (χ4v) is 2.82. The average molecular weight is 512 g/mol. The van der Waals surface area contributed by atoms with Crippen molar-refractivity contribution in [2.75, 3.05) is 47.0 Å². The highest BCUT2D eigenvalue weighted by Crippen LogP contribution is 2.11. The molecule has 1 heterocycles. The van der Waals surface area contributed by atoms with Gasteiger partial charge >= 0.3 is 0 Å². The number of aliphatic imine (C=N–C) groups is 1. The molecular formula is C20H41IN4O3. The molecule has 0 bridgehead atoms. The molecule has 28 heavy (non-hydrogen) atoms. The highest BCUT2D eigenvalue weighted by molar-refractivity contribution is 14.0. The van der Waals surface area contributed by atoms with Crippen molar-refractivity contribution < 1.29 is 14.3 Å². The van der Waals surface area contributed by atoms with Gasteiger partial charge in [0.2, 0.25) is 5.91 Å². The van der Waals surface area contributed by atoms with Crippen LogP contribution in [0.3, 0.4) is 0 Å². The Morgan fingerprint density at radius 1 is 1.36 bits per heavy atom. The molecule has 3 unspecified atom stereocenters. The number of carbonyl (C=O) groups is 1. The SMILES string of the molecule is CCCCC(CC)CNC(=NCC(=O)N(C)C)NC(C)COC1CCOC1.I. The van der Waals surface area contributed by atoms with Gasteiger partial charge in [0, 0.05) is 33.3 Å². The first-order valence-corrected chi connectivity index (χ1v) is 10.4. The minimum atomic E-state index is -0.0128. The highest BCUT2D eigenvalue weighted by atomic mass is 127. The number of nitrogens with zero attached hydrogens (tertiary/aromatic N) is 2. The minimum Gasteiger partial charge on any atom is -0.379 e. The molecule has 0 aromatic rings. The van der Waals surface area contributed by atoms with Crippen LogP contribution in [0.15, 0.2) is 4.99 Å². The third-order valence-corrected chi connectivity index (χ3v) is 4.83. The number of carbonyl (C=O) groups excluding carboxylic acids is 1. The van der Waals surface area contributed by atoms with Gasteiger partial charge in [-0.3, -0.25) is 4.79 Å². The summed E-state index contributed by atoms with van der Waals surface area (Å²) in [7, 11) is 3.49. The van der Waals surface area contributed by atoms with E-state index in [1.54, 1.807) is 19.0 Å². The fraction of sp³-hybridized carbons (Fsp3) is 0.900. The van der Waals surface area contributed by atoms with Gasteiger partial charge in [0.05, 0.1) is 19.3 Å². The van der Waals surface area contributed by atoms with Gasteiger partial charge < -0.3 is 25.0 Å². The molecule has 8 heteroatoms. The second kappa shape index (κ2) is 16.2. The van der Waals surface area contributed by atoms with E-state index in [0.29, 0.717) is 25.1 Å². The molecule has 166 valence electrons. The summed E-state index contributed by atoms with van der Waals surface area (Å²) in [5, 5.41) is 6.79. The van der Waals surface area contributed by atoms with Gasteiger partial charge in [0.25, 0.3) is 0 Å². The fourth-order valence-electron chi connectivity index (χ4n) is 2.82. The summed E-state index contributed by atoms with van der Waals surface area (Å²) >= 11 is 0. The predicted octanol–water partition coefficient (Wildman–Crippen LogP) is 2.64. The van der Waals surface area contributed by atoms with E-state index in [1.165, 1.54) is 19.3 Å². The third kappa shape index (κ3) is 12.1. The van der Waals surface area contributed by atoms with Crippen LogP contribution in [-0.2, 0) is 14.3 Å². The second-order valence-corrected chi connectivity index (χ2v) is 7.61. The minimum absolute atomic E-state index is 0. The monoisotopic (exact) mass is 512 g/mol. The molecule has 0 aromatic carbocycles. The second-order valence-electron chi connectivity index (χ2n) is 7.61. The topological polar surface area (TPSA) is 75.2 Å². The Morgan fingerprint density at radius 3 is 2.68 bits per heavy atom. The average Bonchev–Trinajstić information content (AvgIpc) is 3.17. The van der Waals surface area contributed by atoms with Crippen molar-refractivity contribution in [2.24, 2.45) is 10.9 Å². The molecule has 0 aromatic heterocycles. The Hall–Kier alpha value is -0.610. The standard InChI is InChI=1S/C20H40N4O3.HI/c1-6-8-9-17(7-2)12-21-20(22-13-19(25)24(4)5)23-16(3)14-27-18-10-11-26-15-18;/h16-18H,6-15H2,1-5H3,(H2,21,22,23);1H. The van der Waals surface area contributed by atoms with E-state index in [4.69, 9.17) is 9.47 Å². The number of nitrogens with one attached hydrogen (secondary N) is 2. The van der Waals surface area contributed by atoms with E-state index >= 15 is 0 Å². The molecule has 1 aliphatic heterocycles. The van der Waals surface area contributed by atoms with Gasteiger partial charge in [-0.15, -0.1) is 24.0 Å². The molecule has 7 nitrogen and oxygen atoms in total. The van der Waals surface area contributed by atoms with Gasteiger partial charge in [0.15, 0.2) is 5.96 Å². The van der Waals surface area contributed by atoms with Crippen molar-refractivity contribution in [2.45, 2.75) is 65.0 Å².